The average Bonchev–Trinajstić information content (AvgIpc) is 2.85. The van der Waals surface area contributed by atoms with E-state index in [4.69, 9.17) is 0 Å². The van der Waals surface area contributed by atoms with E-state index in [0.717, 1.165) is 41.1 Å². The molecular weight excluding hydrogens is 236 g/mol. The molecule has 1 aromatic rings. The van der Waals surface area contributed by atoms with Gasteiger partial charge < -0.3 is 4.98 Å². The number of nitrogens with zero attached hydrogens (tertiary/aromatic N) is 1. The molecule has 104 valence electrons. The van der Waals surface area contributed by atoms with Crippen LogP contribution in [0.1, 0.15) is 79.2 Å². The van der Waals surface area contributed by atoms with E-state index in [0.29, 0.717) is 0 Å². The summed E-state index contributed by atoms with van der Waals surface area (Å²) in [5, 5.41) is 0. The maximum absolute atomic E-state index is 11.9. The van der Waals surface area contributed by atoms with Crippen LogP contribution in [0.5, 0.6) is 0 Å². The number of rotatable bonds is 7. The van der Waals surface area contributed by atoms with Gasteiger partial charge in [0, 0.05) is 17.0 Å². The minimum atomic E-state index is -0.0576. The minimum Gasteiger partial charge on any atom is -0.361 e. The number of H-pyrrole nitrogens is 1. The molecule has 0 saturated carbocycles. The Morgan fingerprint density at radius 2 is 1.58 bits per heavy atom. The monoisotopic (exact) mass is 260 g/mol. The highest BCUT2D eigenvalue weighted by atomic mass is 16.1. The predicted octanol–water partition coefficient (Wildman–Crippen LogP) is 4.33. The van der Waals surface area contributed by atoms with E-state index in [1.807, 2.05) is 13.8 Å². The Morgan fingerprint density at radius 1 is 0.947 bits per heavy atom. The van der Waals surface area contributed by atoms with Gasteiger partial charge in [0.05, 0.1) is 11.3 Å². The summed E-state index contributed by atoms with van der Waals surface area (Å²) in [6, 6.07) is 0. The second-order valence-electron chi connectivity index (χ2n) is 5.51. The van der Waals surface area contributed by atoms with Crippen molar-refractivity contribution in [1.29, 1.82) is 0 Å². The summed E-state index contributed by atoms with van der Waals surface area (Å²) in [6.07, 6.45) is 8.56. The number of nitrogens with one attached hydrogen (secondary N) is 1. The summed E-state index contributed by atoms with van der Waals surface area (Å²) in [6.45, 7) is 6.21. The van der Waals surface area contributed by atoms with Crippen LogP contribution in [0, 0.1) is 13.8 Å². The van der Waals surface area contributed by atoms with Crippen molar-refractivity contribution >= 4 is 11.6 Å². The summed E-state index contributed by atoms with van der Waals surface area (Å²) >= 11 is 0. The highest BCUT2D eigenvalue weighted by Gasteiger charge is 2.28. The number of hydrogen-bond acceptors (Lipinski definition) is 1. The van der Waals surface area contributed by atoms with Crippen LogP contribution >= 0.6 is 0 Å². The number of carbonyl (C=O) groups excluding carboxylic acids is 1. The zero-order chi connectivity index (χ0) is 13.8. The first-order valence-corrected chi connectivity index (χ1v) is 7.46. The molecule has 0 unspecified atom stereocenters. The first kappa shape index (κ1) is 14.0. The van der Waals surface area contributed by atoms with E-state index in [2.05, 4.69) is 16.9 Å². The zero-order valence-corrected chi connectivity index (χ0v) is 12.3. The second-order valence-corrected chi connectivity index (χ2v) is 5.51. The lowest BCUT2D eigenvalue weighted by Gasteiger charge is -2.02. The lowest BCUT2D eigenvalue weighted by molar-refractivity contribution is 0.101. The highest BCUT2D eigenvalue weighted by molar-refractivity contribution is 6.22. The van der Waals surface area contributed by atoms with Crippen LogP contribution < -0.4 is 0 Å². The van der Waals surface area contributed by atoms with Crippen molar-refractivity contribution in [3.05, 3.63) is 22.5 Å². The third kappa shape index (κ3) is 2.96. The van der Waals surface area contributed by atoms with E-state index < -0.39 is 0 Å². The number of hydrogen-bond donors (Lipinski definition) is 1. The smallest absolute Gasteiger partial charge is 0.279 e. The Balaban J connectivity index is 1.90. The van der Waals surface area contributed by atoms with Crippen LogP contribution in [0.4, 0.5) is 0 Å². The van der Waals surface area contributed by atoms with Gasteiger partial charge in [-0.1, -0.05) is 39.0 Å². The molecule has 1 aliphatic rings. The van der Waals surface area contributed by atoms with Crippen molar-refractivity contribution in [1.82, 2.24) is 4.98 Å². The molecule has 0 spiro atoms. The third-order valence-electron chi connectivity index (χ3n) is 3.88. The number of aromatic amines is 1. The van der Waals surface area contributed by atoms with Crippen molar-refractivity contribution in [3.8, 4) is 0 Å². The van der Waals surface area contributed by atoms with Crippen LogP contribution in [0.15, 0.2) is 4.99 Å². The fourth-order valence-corrected chi connectivity index (χ4v) is 2.90. The van der Waals surface area contributed by atoms with Gasteiger partial charge in [-0.15, -0.1) is 0 Å². The van der Waals surface area contributed by atoms with E-state index >= 15 is 0 Å². The molecule has 0 saturated heterocycles. The standard InChI is InChI=1S/C16H24N2O/c1-4-5-6-7-8-9-10-13-14-11(2)17-12(3)15(14)16(19)18-13/h17H,4-10H2,1-3H3. The molecule has 2 heterocycles. The maximum Gasteiger partial charge on any atom is 0.279 e. The van der Waals surface area contributed by atoms with E-state index in [-0.39, 0.29) is 5.91 Å². The molecule has 0 aromatic carbocycles. The minimum absolute atomic E-state index is 0.0576. The summed E-state index contributed by atoms with van der Waals surface area (Å²) in [5.74, 6) is -0.0576. The van der Waals surface area contributed by atoms with Gasteiger partial charge >= 0.3 is 0 Å². The molecule has 19 heavy (non-hydrogen) atoms. The van der Waals surface area contributed by atoms with Gasteiger partial charge in [0.25, 0.3) is 5.91 Å². The third-order valence-corrected chi connectivity index (χ3v) is 3.88. The van der Waals surface area contributed by atoms with E-state index in [1.54, 1.807) is 0 Å². The largest absolute Gasteiger partial charge is 0.361 e. The molecule has 0 fully saturated rings. The molecular formula is C16H24N2O. The Labute approximate surface area is 115 Å². The van der Waals surface area contributed by atoms with E-state index in [1.165, 1.54) is 32.1 Å². The summed E-state index contributed by atoms with van der Waals surface area (Å²) in [5.41, 5.74) is 4.93. The lowest BCUT2D eigenvalue weighted by Crippen LogP contribution is -1.99. The van der Waals surface area contributed by atoms with Gasteiger partial charge in [-0.25, -0.2) is 4.99 Å². The molecule has 1 aromatic heterocycles. The van der Waals surface area contributed by atoms with Crippen molar-refractivity contribution in [2.75, 3.05) is 0 Å². The van der Waals surface area contributed by atoms with E-state index in [9.17, 15) is 4.79 Å². The number of amides is 1. The molecule has 0 aliphatic carbocycles. The van der Waals surface area contributed by atoms with Crippen LogP contribution in [0.25, 0.3) is 0 Å². The maximum atomic E-state index is 11.9. The number of aromatic nitrogens is 1. The average molecular weight is 260 g/mol. The highest BCUT2D eigenvalue weighted by Crippen LogP contribution is 2.27. The Bertz CT molecular complexity index is 497. The topological polar surface area (TPSA) is 45.2 Å². The molecule has 1 N–H and O–H groups in total. The summed E-state index contributed by atoms with van der Waals surface area (Å²) in [4.78, 5) is 19.4. The van der Waals surface area contributed by atoms with Gasteiger partial charge in [-0.05, 0) is 26.7 Å². The van der Waals surface area contributed by atoms with Crippen molar-refractivity contribution in [2.45, 2.75) is 65.7 Å². The van der Waals surface area contributed by atoms with Crippen LogP contribution in [-0.2, 0) is 0 Å². The first-order valence-electron chi connectivity index (χ1n) is 7.46. The van der Waals surface area contributed by atoms with Gasteiger partial charge in [0.2, 0.25) is 0 Å². The summed E-state index contributed by atoms with van der Waals surface area (Å²) < 4.78 is 0. The van der Waals surface area contributed by atoms with Crippen LogP contribution in [0.2, 0.25) is 0 Å². The Morgan fingerprint density at radius 3 is 2.32 bits per heavy atom. The number of aryl methyl sites for hydroxylation is 2. The second kappa shape index (κ2) is 6.18. The summed E-state index contributed by atoms with van der Waals surface area (Å²) in [7, 11) is 0. The normalized spacial score (nSPS) is 13.8. The Hall–Kier alpha value is -1.38. The van der Waals surface area contributed by atoms with Gasteiger partial charge in [0.15, 0.2) is 0 Å². The van der Waals surface area contributed by atoms with Crippen molar-refractivity contribution in [3.63, 3.8) is 0 Å². The first-order chi connectivity index (χ1) is 9.15. The molecule has 0 atom stereocenters. The Kier molecular flexibility index (Phi) is 4.56. The molecule has 3 nitrogen and oxygen atoms in total. The molecule has 0 bridgehead atoms. The molecule has 1 amide bonds. The quantitative estimate of drug-likeness (QED) is 0.729. The van der Waals surface area contributed by atoms with Crippen LogP contribution in [0.3, 0.4) is 0 Å². The fraction of sp³-hybridized carbons (Fsp3) is 0.625. The van der Waals surface area contributed by atoms with Gasteiger partial charge in [-0.2, -0.15) is 0 Å². The number of carbonyl (C=O) groups is 1. The fourth-order valence-electron chi connectivity index (χ4n) is 2.90. The number of aliphatic imine (C=N–C) groups is 1. The zero-order valence-electron chi connectivity index (χ0n) is 12.3. The number of fused-ring (bicyclic) bond motifs is 1. The molecule has 3 heteroatoms. The molecule has 2 rings (SSSR count). The number of unbranched alkanes of at least 4 members (excludes halogenated alkanes) is 5. The van der Waals surface area contributed by atoms with Gasteiger partial charge in [0.1, 0.15) is 0 Å². The molecule has 1 aliphatic heterocycles. The van der Waals surface area contributed by atoms with Crippen LogP contribution in [-0.4, -0.2) is 16.6 Å². The van der Waals surface area contributed by atoms with Crippen molar-refractivity contribution in [2.24, 2.45) is 4.99 Å². The predicted molar refractivity (Wildman–Crippen MR) is 79.1 cm³/mol. The van der Waals surface area contributed by atoms with Crippen molar-refractivity contribution < 1.29 is 4.79 Å². The van der Waals surface area contributed by atoms with Gasteiger partial charge in [-0.3, -0.25) is 4.79 Å². The SMILES string of the molecule is CCCCCCCCC1=NC(=O)c2c(C)[nH]c(C)c21. The lowest BCUT2D eigenvalue weighted by atomic mass is 10.0. The molecule has 0 radical (unpaired) electrons.